The summed E-state index contributed by atoms with van der Waals surface area (Å²) < 4.78 is 10.9. The van der Waals surface area contributed by atoms with Crippen LogP contribution in [0.1, 0.15) is 16.7 Å². The molecule has 0 heterocycles. The highest BCUT2D eigenvalue weighted by atomic mass is 35.5. The standard InChI is InChI=1S/C23H19ClO3/c1-26-22-13-6-5-11-19(22)15-21(18-9-3-2-4-10-18)23(25)27-16-17-8-7-12-20(24)14-17/h2-15H,16H2,1H3/b21-15+. The molecule has 0 spiro atoms. The molecule has 0 radical (unpaired) electrons. The number of hydrogen-bond donors (Lipinski definition) is 0. The van der Waals surface area contributed by atoms with Crippen molar-refractivity contribution in [2.45, 2.75) is 6.61 Å². The molecule has 0 amide bonds. The van der Waals surface area contributed by atoms with E-state index in [1.54, 1.807) is 25.3 Å². The van der Waals surface area contributed by atoms with Gasteiger partial charge in [0.1, 0.15) is 12.4 Å². The lowest BCUT2D eigenvalue weighted by Crippen LogP contribution is -2.07. The number of methoxy groups -OCH3 is 1. The van der Waals surface area contributed by atoms with Crippen LogP contribution in [0.4, 0.5) is 0 Å². The van der Waals surface area contributed by atoms with Gasteiger partial charge < -0.3 is 9.47 Å². The Labute approximate surface area is 163 Å². The SMILES string of the molecule is COc1ccccc1/C=C(/C(=O)OCc1cccc(Cl)c1)c1ccccc1. The van der Waals surface area contributed by atoms with E-state index in [-0.39, 0.29) is 6.61 Å². The van der Waals surface area contributed by atoms with Gasteiger partial charge in [-0.1, -0.05) is 72.3 Å². The van der Waals surface area contributed by atoms with E-state index in [0.29, 0.717) is 16.3 Å². The summed E-state index contributed by atoms with van der Waals surface area (Å²) in [5.74, 6) is 0.278. The summed E-state index contributed by atoms with van der Waals surface area (Å²) in [4.78, 5) is 12.8. The Morgan fingerprint density at radius 2 is 1.70 bits per heavy atom. The predicted octanol–water partition coefficient (Wildman–Crippen LogP) is 5.63. The molecule has 4 heteroatoms. The third-order valence-corrected chi connectivity index (χ3v) is 4.24. The molecule has 0 aliphatic heterocycles. The number of ether oxygens (including phenoxy) is 2. The minimum atomic E-state index is -0.410. The average molecular weight is 379 g/mol. The van der Waals surface area contributed by atoms with Crippen LogP contribution in [0, 0.1) is 0 Å². The number of hydrogen-bond acceptors (Lipinski definition) is 3. The van der Waals surface area contributed by atoms with Crippen LogP contribution in [0.15, 0.2) is 78.9 Å². The largest absolute Gasteiger partial charge is 0.496 e. The van der Waals surface area contributed by atoms with Gasteiger partial charge in [0.2, 0.25) is 0 Å². The first-order valence-corrected chi connectivity index (χ1v) is 8.87. The Bertz CT molecular complexity index is 949. The molecule has 27 heavy (non-hydrogen) atoms. The number of benzene rings is 3. The predicted molar refractivity (Wildman–Crippen MR) is 109 cm³/mol. The fraction of sp³-hybridized carbons (Fsp3) is 0.0870. The van der Waals surface area contributed by atoms with Crippen molar-refractivity contribution >= 4 is 29.2 Å². The van der Waals surface area contributed by atoms with E-state index >= 15 is 0 Å². The third kappa shape index (κ3) is 4.99. The quantitative estimate of drug-likeness (QED) is 0.316. The molecule has 0 fully saturated rings. The number of carbonyl (C=O) groups excluding carboxylic acids is 1. The Morgan fingerprint density at radius 3 is 2.44 bits per heavy atom. The molecule has 0 saturated carbocycles. The van der Waals surface area contributed by atoms with Crippen LogP contribution in [-0.2, 0) is 16.1 Å². The molecule has 3 nitrogen and oxygen atoms in total. The normalized spacial score (nSPS) is 11.1. The van der Waals surface area contributed by atoms with Crippen molar-refractivity contribution in [3.63, 3.8) is 0 Å². The van der Waals surface area contributed by atoms with Crippen LogP contribution in [-0.4, -0.2) is 13.1 Å². The summed E-state index contributed by atoms with van der Waals surface area (Å²) in [5.41, 5.74) is 2.88. The highest BCUT2D eigenvalue weighted by molar-refractivity contribution is 6.30. The molecule has 0 atom stereocenters. The van der Waals surface area contributed by atoms with Crippen molar-refractivity contribution in [3.8, 4) is 5.75 Å². The molecule has 0 aliphatic carbocycles. The smallest absolute Gasteiger partial charge is 0.339 e. The second-order valence-electron chi connectivity index (χ2n) is 5.87. The van der Waals surface area contributed by atoms with Crippen LogP contribution in [0.3, 0.4) is 0 Å². The molecule has 3 rings (SSSR count). The maximum atomic E-state index is 12.8. The second kappa shape index (κ2) is 9.06. The van der Waals surface area contributed by atoms with E-state index in [0.717, 1.165) is 16.7 Å². The van der Waals surface area contributed by atoms with Gasteiger partial charge in [-0.05, 0) is 35.4 Å². The van der Waals surface area contributed by atoms with Crippen molar-refractivity contribution < 1.29 is 14.3 Å². The van der Waals surface area contributed by atoms with Gasteiger partial charge in [-0.25, -0.2) is 4.79 Å². The summed E-state index contributed by atoms with van der Waals surface area (Å²) in [6, 6.07) is 24.2. The van der Waals surface area contributed by atoms with Crippen LogP contribution in [0.25, 0.3) is 11.6 Å². The summed E-state index contributed by atoms with van der Waals surface area (Å²) in [6.07, 6.45) is 1.79. The molecule has 3 aromatic carbocycles. The Morgan fingerprint density at radius 1 is 0.963 bits per heavy atom. The minimum Gasteiger partial charge on any atom is -0.496 e. The molecule has 3 aromatic rings. The van der Waals surface area contributed by atoms with Crippen molar-refractivity contribution in [2.75, 3.05) is 7.11 Å². The Hall–Kier alpha value is -3.04. The highest BCUT2D eigenvalue weighted by Crippen LogP contribution is 2.26. The van der Waals surface area contributed by atoms with Gasteiger partial charge in [-0.15, -0.1) is 0 Å². The molecule has 0 saturated heterocycles. The molecule has 0 bridgehead atoms. The van der Waals surface area contributed by atoms with Gasteiger partial charge in [0, 0.05) is 10.6 Å². The number of halogens is 1. The molecule has 136 valence electrons. The molecular weight excluding hydrogens is 360 g/mol. The van der Waals surface area contributed by atoms with Gasteiger partial charge in [0.15, 0.2) is 0 Å². The number of carbonyl (C=O) groups is 1. The second-order valence-corrected chi connectivity index (χ2v) is 6.31. The maximum absolute atomic E-state index is 12.8. The van der Waals surface area contributed by atoms with Crippen molar-refractivity contribution in [1.82, 2.24) is 0 Å². The molecular formula is C23H19ClO3. The first-order valence-electron chi connectivity index (χ1n) is 8.49. The Balaban J connectivity index is 1.90. The topological polar surface area (TPSA) is 35.5 Å². The third-order valence-electron chi connectivity index (χ3n) is 4.00. The van der Waals surface area contributed by atoms with Crippen molar-refractivity contribution in [2.24, 2.45) is 0 Å². The van der Waals surface area contributed by atoms with E-state index in [1.807, 2.05) is 66.7 Å². The summed E-state index contributed by atoms with van der Waals surface area (Å²) in [6.45, 7) is 0.148. The molecule has 0 aromatic heterocycles. The van der Waals surface area contributed by atoms with Gasteiger partial charge in [-0.3, -0.25) is 0 Å². The van der Waals surface area contributed by atoms with E-state index in [4.69, 9.17) is 21.1 Å². The summed E-state index contributed by atoms with van der Waals surface area (Å²) >= 11 is 5.99. The van der Waals surface area contributed by atoms with Crippen LogP contribution in [0.2, 0.25) is 5.02 Å². The van der Waals surface area contributed by atoms with Crippen molar-refractivity contribution in [3.05, 3.63) is 101 Å². The van der Waals surface area contributed by atoms with Crippen LogP contribution < -0.4 is 4.74 Å². The lowest BCUT2D eigenvalue weighted by Gasteiger charge is -2.11. The van der Waals surface area contributed by atoms with Gasteiger partial charge in [-0.2, -0.15) is 0 Å². The van der Waals surface area contributed by atoms with Crippen LogP contribution >= 0.6 is 11.6 Å². The van der Waals surface area contributed by atoms with E-state index in [2.05, 4.69) is 0 Å². The molecule has 0 aliphatic rings. The fourth-order valence-corrected chi connectivity index (χ4v) is 2.89. The zero-order valence-corrected chi connectivity index (χ0v) is 15.6. The summed E-state index contributed by atoms with van der Waals surface area (Å²) in [5, 5.41) is 0.608. The fourth-order valence-electron chi connectivity index (χ4n) is 2.67. The summed E-state index contributed by atoms with van der Waals surface area (Å²) in [7, 11) is 1.60. The van der Waals surface area contributed by atoms with Crippen molar-refractivity contribution in [1.29, 1.82) is 0 Å². The zero-order valence-electron chi connectivity index (χ0n) is 14.9. The molecule has 0 N–H and O–H groups in total. The average Bonchev–Trinajstić information content (AvgIpc) is 2.71. The zero-order chi connectivity index (χ0) is 19.1. The molecule has 0 unspecified atom stereocenters. The Kier molecular flexibility index (Phi) is 6.29. The lowest BCUT2D eigenvalue weighted by molar-refractivity contribution is -0.137. The first-order chi connectivity index (χ1) is 13.2. The van der Waals surface area contributed by atoms with Gasteiger partial charge >= 0.3 is 5.97 Å². The van der Waals surface area contributed by atoms with Gasteiger partial charge in [0.05, 0.1) is 12.7 Å². The number of rotatable bonds is 6. The number of para-hydroxylation sites is 1. The van der Waals surface area contributed by atoms with Crippen LogP contribution in [0.5, 0.6) is 5.75 Å². The first kappa shape index (κ1) is 18.7. The monoisotopic (exact) mass is 378 g/mol. The van der Waals surface area contributed by atoms with E-state index < -0.39 is 5.97 Å². The highest BCUT2D eigenvalue weighted by Gasteiger charge is 2.15. The number of esters is 1. The van der Waals surface area contributed by atoms with Gasteiger partial charge in [0.25, 0.3) is 0 Å². The minimum absolute atomic E-state index is 0.148. The van der Waals surface area contributed by atoms with E-state index in [1.165, 1.54) is 0 Å². The lowest BCUT2D eigenvalue weighted by atomic mass is 10.0. The maximum Gasteiger partial charge on any atom is 0.339 e. The van der Waals surface area contributed by atoms with E-state index in [9.17, 15) is 4.79 Å².